The van der Waals surface area contributed by atoms with Crippen LogP contribution in [0.5, 0.6) is 11.5 Å². The molecule has 7 heteroatoms. The van der Waals surface area contributed by atoms with E-state index in [4.69, 9.17) is 15.2 Å². The number of nitrogens with two attached hydrogens (primary N) is 1. The molecule has 3 rings (SSSR count). The Morgan fingerprint density at radius 3 is 2.52 bits per heavy atom. The number of carbonyl (C=O) groups excluding carboxylic acids is 1. The van der Waals surface area contributed by atoms with Gasteiger partial charge in [0.2, 0.25) is 0 Å². The minimum Gasteiger partial charge on any atom is -0.490 e. The number of amides is 1. The second kappa shape index (κ2) is 9.93. The molecule has 0 unspecified atom stereocenters. The third kappa shape index (κ3) is 5.26. The predicted molar refractivity (Wildman–Crippen MR) is 117 cm³/mol. The summed E-state index contributed by atoms with van der Waals surface area (Å²) in [5, 5.41) is 3.34. The van der Waals surface area contributed by atoms with Crippen molar-refractivity contribution in [3.63, 3.8) is 0 Å². The molecule has 152 valence electrons. The zero-order valence-corrected chi connectivity index (χ0v) is 17.4. The Kier molecular flexibility index (Phi) is 7.08. The number of thiazole rings is 1. The van der Waals surface area contributed by atoms with Crippen molar-refractivity contribution in [2.45, 2.75) is 20.3 Å². The van der Waals surface area contributed by atoms with Crippen molar-refractivity contribution < 1.29 is 14.3 Å². The van der Waals surface area contributed by atoms with Gasteiger partial charge in [0, 0.05) is 12.1 Å². The van der Waals surface area contributed by atoms with Crippen LogP contribution in [0.1, 0.15) is 29.1 Å². The maximum Gasteiger partial charge on any atom is 0.263 e. The van der Waals surface area contributed by atoms with Gasteiger partial charge in [-0.05, 0) is 38.0 Å². The summed E-state index contributed by atoms with van der Waals surface area (Å²) in [6, 6.07) is 15.4. The van der Waals surface area contributed by atoms with E-state index in [1.54, 1.807) is 0 Å². The topological polar surface area (TPSA) is 86.5 Å². The number of aromatic nitrogens is 1. The molecule has 3 N–H and O–H groups in total. The van der Waals surface area contributed by atoms with Crippen molar-refractivity contribution in [2.24, 2.45) is 0 Å². The lowest BCUT2D eigenvalue weighted by atomic mass is 10.1. The van der Waals surface area contributed by atoms with Gasteiger partial charge in [0.25, 0.3) is 5.91 Å². The highest BCUT2D eigenvalue weighted by molar-refractivity contribution is 7.17. The van der Waals surface area contributed by atoms with Crippen LogP contribution in [-0.2, 0) is 6.42 Å². The van der Waals surface area contributed by atoms with Gasteiger partial charge >= 0.3 is 0 Å². The van der Waals surface area contributed by atoms with Crippen molar-refractivity contribution in [3.8, 4) is 22.8 Å². The standard InChI is InChI=1S/C22H25N3O3S/c1-3-27-17-11-10-15(14-18(17)28-4-2)12-13-24-21(26)20-19(25-22(23)29-20)16-8-6-5-7-9-16/h5-11,14H,3-4,12-13H2,1-2H3,(H2,23,25)(H,24,26). The molecule has 0 saturated carbocycles. The fourth-order valence-electron chi connectivity index (χ4n) is 2.93. The fourth-order valence-corrected chi connectivity index (χ4v) is 3.71. The van der Waals surface area contributed by atoms with Gasteiger partial charge in [-0.3, -0.25) is 4.79 Å². The first-order valence-electron chi connectivity index (χ1n) is 9.60. The second-order valence-corrected chi connectivity index (χ2v) is 7.28. The molecule has 0 fully saturated rings. The Hall–Kier alpha value is -3.06. The summed E-state index contributed by atoms with van der Waals surface area (Å²) in [6.07, 6.45) is 0.674. The maximum atomic E-state index is 12.7. The molecule has 0 radical (unpaired) electrons. The molecule has 0 saturated heterocycles. The third-order valence-corrected chi connectivity index (χ3v) is 5.09. The summed E-state index contributed by atoms with van der Waals surface area (Å²) in [7, 11) is 0. The van der Waals surface area contributed by atoms with Gasteiger partial charge < -0.3 is 20.5 Å². The maximum absolute atomic E-state index is 12.7. The largest absolute Gasteiger partial charge is 0.490 e. The minimum atomic E-state index is -0.172. The molecule has 0 spiro atoms. The van der Waals surface area contributed by atoms with Crippen LogP contribution >= 0.6 is 11.3 Å². The van der Waals surface area contributed by atoms with Crippen LogP contribution in [0.2, 0.25) is 0 Å². The lowest BCUT2D eigenvalue weighted by Gasteiger charge is -2.12. The van der Waals surface area contributed by atoms with Crippen LogP contribution in [0.25, 0.3) is 11.3 Å². The molecular formula is C22H25N3O3S. The van der Waals surface area contributed by atoms with E-state index in [9.17, 15) is 4.79 Å². The van der Waals surface area contributed by atoms with Gasteiger partial charge in [0.1, 0.15) is 4.88 Å². The molecule has 0 aliphatic carbocycles. The number of carbonyl (C=O) groups is 1. The molecule has 6 nitrogen and oxygen atoms in total. The lowest BCUT2D eigenvalue weighted by molar-refractivity contribution is 0.0958. The molecule has 29 heavy (non-hydrogen) atoms. The number of ether oxygens (including phenoxy) is 2. The number of hydrogen-bond donors (Lipinski definition) is 2. The summed E-state index contributed by atoms with van der Waals surface area (Å²) < 4.78 is 11.3. The van der Waals surface area contributed by atoms with Crippen molar-refractivity contribution >= 4 is 22.4 Å². The van der Waals surface area contributed by atoms with E-state index in [0.29, 0.717) is 41.9 Å². The van der Waals surface area contributed by atoms with E-state index in [2.05, 4.69) is 10.3 Å². The van der Waals surface area contributed by atoms with Crippen LogP contribution in [-0.4, -0.2) is 30.6 Å². The van der Waals surface area contributed by atoms with E-state index in [1.165, 1.54) is 11.3 Å². The summed E-state index contributed by atoms with van der Waals surface area (Å²) in [5.41, 5.74) is 8.41. The molecule has 0 bridgehead atoms. The number of nitrogen functional groups attached to an aromatic ring is 1. The smallest absolute Gasteiger partial charge is 0.263 e. The van der Waals surface area contributed by atoms with Gasteiger partial charge in [-0.15, -0.1) is 0 Å². The van der Waals surface area contributed by atoms with Gasteiger partial charge in [-0.25, -0.2) is 4.98 Å². The summed E-state index contributed by atoms with van der Waals surface area (Å²) in [6.45, 7) is 5.51. The molecule has 1 heterocycles. The second-order valence-electron chi connectivity index (χ2n) is 6.25. The highest BCUT2D eigenvalue weighted by atomic mass is 32.1. The average molecular weight is 412 g/mol. The van der Waals surface area contributed by atoms with Crippen molar-refractivity contribution in [3.05, 3.63) is 59.0 Å². The molecule has 0 atom stereocenters. The van der Waals surface area contributed by atoms with Crippen LogP contribution in [0.15, 0.2) is 48.5 Å². The Morgan fingerprint density at radius 1 is 1.07 bits per heavy atom. The Bertz CT molecular complexity index is 957. The zero-order valence-electron chi connectivity index (χ0n) is 16.6. The zero-order chi connectivity index (χ0) is 20.6. The van der Waals surface area contributed by atoms with Crippen LogP contribution in [0.4, 0.5) is 5.13 Å². The molecular weight excluding hydrogens is 386 g/mol. The fraction of sp³-hybridized carbons (Fsp3) is 0.273. The van der Waals surface area contributed by atoms with E-state index < -0.39 is 0 Å². The molecule has 1 aromatic heterocycles. The molecule has 3 aromatic rings. The van der Waals surface area contributed by atoms with E-state index in [0.717, 1.165) is 22.6 Å². The number of hydrogen-bond acceptors (Lipinski definition) is 6. The molecule has 0 aliphatic rings. The highest BCUT2D eigenvalue weighted by Crippen LogP contribution is 2.30. The predicted octanol–water partition coefficient (Wildman–Crippen LogP) is 4.16. The quantitative estimate of drug-likeness (QED) is 0.552. The van der Waals surface area contributed by atoms with Gasteiger partial charge in [0.15, 0.2) is 16.6 Å². The van der Waals surface area contributed by atoms with Crippen LogP contribution in [0, 0.1) is 0 Å². The molecule has 2 aromatic carbocycles. The van der Waals surface area contributed by atoms with E-state index in [-0.39, 0.29) is 5.91 Å². The van der Waals surface area contributed by atoms with Gasteiger partial charge in [-0.1, -0.05) is 47.7 Å². The Balaban J connectivity index is 1.66. The van der Waals surface area contributed by atoms with Crippen molar-refractivity contribution in [1.82, 2.24) is 10.3 Å². The SMILES string of the molecule is CCOc1ccc(CCNC(=O)c2sc(N)nc2-c2ccccc2)cc1OCC. The van der Waals surface area contributed by atoms with Gasteiger partial charge in [0.05, 0.1) is 18.9 Å². The monoisotopic (exact) mass is 411 g/mol. The van der Waals surface area contributed by atoms with Gasteiger partial charge in [-0.2, -0.15) is 0 Å². The Morgan fingerprint density at radius 2 is 1.79 bits per heavy atom. The number of anilines is 1. The number of nitrogens with zero attached hydrogens (tertiary/aromatic N) is 1. The van der Waals surface area contributed by atoms with E-state index in [1.807, 2.05) is 62.4 Å². The number of benzene rings is 2. The Labute approximate surface area is 174 Å². The number of rotatable bonds is 9. The summed E-state index contributed by atoms with van der Waals surface area (Å²) >= 11 is 1.20. The summed E-state index contributed by atoms with van der Waals surface area (Å²) in [5.74, 6) is 1.28. The van der Waals surface area contributed by atoms with Crippen molar-refractivity contribution in [1.29, 1.82) is 0 Å². The lowest BCUT2D eigenvalue weighted by Crippen LogP contribution is -2.25. The van der Waals surface area contributed by atoms with Crippen LogP contribution < -0.4 is 20.5 Å². The first-order chi connectivity index (χ1) is 14.1. The minimum absolute atomic E-state index is 0.172. The number of nitrogens with one attached hydrogen (secondary N) is 1. The molecule has 1 amide bonds. The van der Waals surface area contributed by atoms with E-state index >= 15 is 0 Å². The average Bonchev–Trinajstić information content (AvgIpc) is 3.13. The van der Waals surface area contributed by atoms with Crippen molar-refractivity contribution in [2.75, 3.05) is 25.5 Å². The normalized spacial score (nSPS) is 10.6. The first kappa shape index (κ1) is 20.7. The molecule has 0 aliphatic heterocycles. The third-order valence-electron chi connectivity index (χ3n) is 4.20. The highest BCUT2D eigenvalue weighted by Gasteiger charge is 2.18. The summed E-state index contributed by atoms with van der Waals surface area (Å²) in [4.78, 5) is 17.6. The van der Waals surface area contributed by atoms with Crippen LogP contribution in [0.3, 0.4) is 0 Å². The first-order valence-corrected chi connectivity index (χ1v) is 10.4.